The molecule has 0 saturated carbocycles. The molecule has 2 aromatic rings. The van der Waals surface area contributed by atoms with Gasteiger partial charge < -0.3 is 9.64 Å². The van der Waals surface area contributed by atoms with E-state index < -0.39 is 0 Å². The Hall–Kier alpha value is -2.29. The maximum Gasteiger partial charge on any atom is 0.260 e. The normalized spacial score (nSPS) is 16.0. The lowest BCUT2D eigenvalue weighted by atomic mass is 10.1. The van der Waals surface area contributed by atoms with Crippen LogP contribution in [-0.2, 0) is 11.2 Å². The van der Waals surface area contributed by atoms with Crippen LogP contribution in [0.2, 0.25) is 0 Å². The summed E-state index contributed by atoms with van der Waals surface area (Å²) in [7, 11) is 1.88. The van der Waals surface area contributed by atoms with Gasteiger partial charge in [0.05, 0.1) is 6.04 Å². The van der Waals surface area contributed by atoms with Gasteiger partial charge in [0, 0.05) is 7.05 Å². The van der Waals surface area contributed by atoms with Crippen LogP contribution in [0.15, 0.2) is 42.5 Å². The second-order valence-corrected chi connectivity index (χ2v) is 6.27. The number of hydrogen-bond acceptors (Lipinski definition) is 2. The highest BCUT2D eigenvalue weighted by molar-refractivity contribution is 5.78. The fraction of sp³-hybridized carbons (Fsp3) is 0.350. The smallest absolute Gasteiger partial charge is 0.260 e. The molecule has 0 aromatic heterocycles. The molecule has 3 nitrogen and oxygen atoms in total. The van der Waals surface area contributed by atoms with Gasteiger partial charge in [-0.05, 0) is 48.9 Å². The molecule has 0 heterocycles. The quantitative estimate of drug-likeness (QED) is 0.859. The minimum Gasteiger partial charge on any atom is -0.483 e. The van der Waals surface area contributed by atoms with E-state index in [4.69, 9.17) is 4.74 Å². The SMILES string of the molecule is Cc1cccc(C)c1OCC(=O)N(C)C1CCc2ccccc21. The van der Waals surface area contributed by atoms with Crippen molar-refractivity contribution in [1.82, 2.24) is 4.90 Å². The summed E-state index contributed by atoms with van der Waals surface area (Å²) in [5.74, 6) is 0.843. The van der Waals surface area contributed by atoms with Crippen molar-refractivity contribution >= 4 is 5.91 Å². The Morgan fingerprint density at radius 1 is 1.13 bits per heavy atom. The molecule has 0 bridgehead atoms. The third-order valence-electron chi connectivity index (χ3n) is 4.71. The predicted molar refractivity (Wildman–Crippen MR) is 91.7 cm³/mol. The Labute approximate surface area is 137 Å². The van der Waals surface area contributed by atoms with Gasteiger partial charge in [-0.3, -0.25) is 4.79 Å². The highest BCUT2D eigenvalue weighted by atomic mass is 16.5. The van der Waals surface area contributed by atoms with Crippen molar-refractivity contribution in [3.8, 4) is 5.75 Å². The van der Waals surface area contributed by atoms with E-state index in [1.165, 1.54) is 11.1 Å². The van der Waals surface area contributed by atoms with E-state index in [0.29, 0.717) is 0 Å². The fourth-order valence-electron chi connectivity index (χ4n) is 3.37. The van der Waals surface area contributed by atoms with Crippen molar-refractivity contribution < 1.29 is 9.53 Å². The molecule has 0 saturated heterocycles. The highest BCUT2D eigenvalue weighted by Gasteiger charge is 2.28. The van der Waals surface area contributed by atoms with Gasteiger partial charge in [0.15, 0.2) is 6.61 Å². The van der Waals surface area contributed by atoms with Gasteiger partial charge in [-0.25, -0.2) is 0 Å². The van der Waals surface area contributed by atoms with E-state index in [-0.39, 0.29) is 18.6 Å². The van der Waals surface area contributed by atoms with E-state index in [1.54, 1.807) is 0 Å². The molecule has 2 aromatic carbocycles. The molecule has 1 atom stereocenters. The number of carbonyl (C=O) groups excluding carboxylic acids is 1. The Morgan fingerprint density at radius 3 is 2.57 bits per heavy atom. The molecule has 1 aliphatic carbocycles. The number of ether oxygens (including phenoxy) is 1. The first-order valence-corrected chi connectivity index (χ1v) is 8.10. The number of amides is 1. The van der Waals surface area contributed by atoms with Crippen molar-refractivity contribution in [3.05, 3.63) is 64.7 Å². The summed E-state index contributed by atoms with van der Waals surface area (Å²) in [5, 5.41) is 0. The standard InChI is InChI=1S/C20H23NO2/c1-14-7-6-8-15(2)20(14)23-13-19(22)21(3)18-12-11-16-9-4-5-10-17(16)18/h4-10,18H,11-13H2,1-3H3. The Morgan fingerprint density at radius 2 is 1.83 bits per heavy atom. The first kappa shape index (κ1) is 15.6. The average molecular weight is 309 g/mol. The van der Waals surface area contributed by atoms with Crippen molar-refractivity contribution in [2.45, 2.75) is 32.7 Å². The summed E-state index contributed by atoms with van der Waals surface area (Å²) in [4.78, 5) is 14.4. The lowest BCUT2D eigenvalue weighted by Crippen LogP contribution is -2.34. The van der Waals surface area contributed by atoms with Crippen LogP contribution in [0.4, 0.5) is 0 Å². The number of carbonyl (C=O) groups is 1. The number of benzene rings is 2. The fourth-order valence-corrected chi connectivity index (χ4v) is 3.37. The number of aryl methyl sites for hydroxylation is 3. The monoisotopic (exact) mass is 309 g/mol. The molecule has 0 fully saturated rings. The van der Waals surface area contributed by atoms with E-state index in [1.807, 2.05) is 50.1 Å². The van der Waals surface area contributed by atoms with Crippen molar-refractivity contribution in [2.75, 3.05) is 13.7 Å². The van der Waals surface area contributed by atoms with Crippen molar-refractivity contribution in [3.63, 3.8) is 0 Å². The minimum atomic E-state index is 0.0226. The van der Waals surface area contributed by atoms with Crippen LogP contribution in [0, 0.1) is 13.8 Å². The van der Waals surface area contributed by atoms with E-state index in [9.17, 15) is 4.79 Å². The van der Waals surface area contributed by atoms with Crippen LogP contribution in [0.5, 0.6) is 5.75 Å². The molecule has 0 spiro atoms. The zero-order valence-corrected chi connectivity index (χ0v) is 14.0. The maximum atomic E-state index is 12.5. The van der Waals surface area contributed by atoms with E-state index in [2.05, 4.69) is 18.2 Å². The molecule has 0 aliphatic heterocycles. The van der Waals surface area contributed by atoms with Crippen LogP contribution >= 0.6 is 0 Å². The second kappa shape index (κ2) is 6.45. The lowest BCUT2D eigenvalue weighted by Gasteiger charge is -2.26. The van der Waals surface area contributed by atoms with Crippen molar-refractivity contribution in [2.24, 2.45) is 0 Å². The molecule has 1 aliphatic rings. The predicted octanol–water partition coefficient (Wildman–Crippen LogP) is 3.83. The molecular weight excluding hydrogens is 286 g/mol. The topological polar surface area (TPSA) is 29.5 Å². The van der Waals surface area contributed by atoms with Gasteiger partial charge in [-0.2, -0.15) is 0 Å². The van der Waals surface area contributed by atoms with Gasteiger partial charge in [-0.1, -0.05) is 42.5 Å². The summed E-state index contributed by atoms with van der Waals surface area (Å²) >= 11 is 0. The zero-order chi connectivity index (χ0) is 16.4. The lowest BCUT2D eigenvalue weighted by molar-refractivity contribution is -0.134. The van der Waals surface area contributed by atoms with E-state index >= 15 is 0 Å². The Bertz CT molecular complexity index is 703. The first-order chi connectivity index (χ1) is 11.1. The maximum absolute atomic E-state index is 12.5. The molecule has 1 amide bonds. The first-order valence-electron chi connectivity index (χ1n) is 8.10. The van der Waals surface area contributed by atoms with Crippen LogP contribution in [0.1, 0.15) is 34.7 Å². The second-order valence-electron chi connectivity index (χ2n) is 6.27. The van der Waals surface area contributed by atoms with Gasteiger partial charge in [0.25, 0.3) is 5.91 Å². The number of likely N-dealkylation sites (N-methyl/N-ethyl adjacent to an activating group) is 1. The summed E-state index contributed by atoms with van der Waals surface area (Å²) in [6.45, 7) is 4.09. The number of hydrogen-bond donors (Lipinski definition) is 0. The number of rotatable bonds is 4. The van der Waals surface area contributed by atoms with E-state index in [0.717, 1.165) is 29.7 Å². The molecule has 3 heteroatoms. The Balaban J connectivity index is 1.67. The third-order valence-corrected chi connectivity index (χ3v) is 4.71. The number of nitrogens with zero attached hydrogens (tertiary/aromatic N) is 1. The van der Waals surface area contributed by atoms with Crippen LogP contribution < -0.4 is 4.74 Å². The molecule has 23 heavy (non-hydrogen) atoms. The van der Waals surface area contributed by atoms with Crippen molar-refractivity contribution in [1.29, 1.82) is 0 Å². The largest absolute Gasteiger partial charge is 0.483 e. The summed E-state index contributed by atoms with van der Waals surface area (Å²) in [6, 6.07) is 14.6. The molecule has 0 radical (unpaired) electrons. The van der Waals surface area contributed by atoms with Gasteiger partial charge in [0.1, 0.15) is 5.75 Å². The van der Waals surface area contributed by atoms with Gasteiger partial charge in [-0.15, -0.1) is 0 Å². The molecule has 120 valence electrons. The van der Waals surface area contributed by atoms with Crippen LogP contribution in [0.25, 0.3) is 0 Å². The van der Waals surface area contributed by atoms with Gasteiger partial charge in [0.2, 0.25) is 0 Å². The molecular formula is C20H23NO2. The summed E-state index contributed by atoms with van der Waals surface area (Å²) in [5.41, 5.74) is 4.75. The molecule has 1 unspecified atom stereocenters. The molecule has 3 rings (SSSR count). The van der Waals surface area contributed by atoms with Crippen LogP contribution in [0.3, 0.4) is 0 Å². The molecule has 0 N–H and O–H groups in total. The number of para-hydroxylation sites is 1. The minimum absolute atomic E-state index is 0.0226. The highest BCUT2D eigenvalue weighted by Crippen LogP contribution is 2.34. The van der Waals surface area contributed by atoms with Crippen LogP contribution in [-0.4, -0.2) is 24.5 Å². The van der Waals surface area contributed by atoms with Gasteiger partial charge >= 0.3 is 0 Å². The Kier molecular flexibility index (Phi) is 4.37. The summed E-state index contributed by atoms with van der Waals surface area (Å²) in [6.07, 6.45) is 2.03. The average Bonchev–Trinajstić information content (AvgIpc) is 2.97. The summed E-state index contributed by atoms with van der Waals surface area (Å²) < 4.78 is 5.81. The third kappa shape index (κ3) is 3.09. The zero-order valence-electron chi connectivity index (χ0n) is 14.0. The number of fused-ring (bicyclic) bond motifs is 1.